The minimum Gasteiger partial charge on any atom is -0.353 e. The number of aromatic nitrogens is 1. The van der Waals surface area contributed by atoms with Crippen molar-refractivity contribution in [2.45, 2.75) is 44.7 Å². The summed E-state index contributed by atoms with van der Waals surface area (Å²) in [7, 11) is 1.86. The van der Waals surface area contributed by atoms with E-state index in [1.54, 1.807) is 11.3 Å². The van der Waals surface area contributed by atoms with Crippen LogP contribution in [0.1, 0.15) is 43.0 Å². The summed E-state index contributed by atoms with van der Waals surface area (Å²) in [5.74, 6) is 0.100. The number of carbonyl (C=O) groups is 2. The number of thiazole rings is 1. The van der Waals surface area contributed by atoms with Gasteiger partial charge >= 0.3 is 0 Å². The molecule has 1 heterocycles. The fourth-order valence-corrected chi connectivity index (χ4v) is 4.86. The summed E-state index contributed by atoms with van der Waals surface area (Å²) in [6.45, 7) is 1.86. The van der Waals surface area contributed by atoms with E-state index in [2.05, 4.69) is 16.4 Å². The van der Waals surface area contributed by atoms with Gasteiger partial charge in [-0.15, -0.1) is 11.3 Å². The molecule has 1 saturated carbocycles. The highest BCUT2D eigenvalue weighted by molar-refractivity contribution is 7.21. The maximum Gasteiger partial charge on any atom is 0.253 e. The van der Waals surface area contributed by atoms with Gasteiger partial charge in [0.1, 0.15) is 5.01 Å². The molecule has 1 fully saturated rings. The van der Waals surface area contributed by atoms with Crippen molar-refractivity contribution in [3.8, 4) is 10.6 Å². The lowest BCUT2D eigenvalue weighted by atomic mass is 10.1. The molecule has 2 amide bonds. The first kappa shape index (κ1) is 19.6. The SMILES string of the molecule is CCC(=O)N[C@H]1CCC(N(C)C(=O)c2ccc(-c3nc4ccccc4s3)cc2)C1. The third kappa shape index (κ3) is 4.17. The topological polar surface area (TPSA) is 62.3 Å². The molecular weight excluding hydrogens is 382 g/mol. The van der Waals surface area contributed by atoms with Crippen LogP contribution in [-0.4, -0.2) is 40.8 Å². The third-order valence-electron chi connectivity index (χ3n) is 5.63. The van der Waals surface area contributed by atoms with Gasteiger partial charge in [-0.3, -0.25) is 9.59 Å². The van der Waals surface area contributed by atoms with Crippen molar-refractivity contribution in [3.05, 3.63) is 54.1 Å². The molecule has 150 valence electrons. The smallest absolute Gasteiger partial charge is 0.253 e. The largest absolute Gasteiger partial charge is 0.353 e. The fourth-order valence-electron chi connectivity index (χ4n) is 3.89. The molecule has 29 heavy (non-hydrogen) atoms. The molecule has 1 N–H and O–H groups in total. The summed E-state index contributed by atoms with van der Waals surface area (Å²) in [6, 6.07) is 16.1. The van der Waals surface area contributed by atoms with Crippen molar-refractivity contribution in [2.75, 3.05) is 7.05 Å². The van der Waals surface area contributed by atoms with Gasteiger partial charge in [0.05, 0.1) is 10.2 Å². The normalized spacial score (nSPS) is 18.7. The summed E-state index contributed by atoms with van der Waals surface area (Å²) in [5.41, 5.74) is 2.70. The van der Waals surface area contributed by atoms with Crippen molar-refractivity contribution in [3.63, 3.8) is 0 Å². The number of benzene rings is 2. The Morgan fingerprint density at radius 3 is 2.62 bits per heavy atom. The van der Waals surface area contributed by atoms with Crippen molar-refractivity contribution in [1.82, 2.24) is 15.2 Å². The van der Waals surface area contributed by atoms with Gasteiger partial charge < -0.3 is 10.2 Å². The summed E-state index contributed by atoms with van der Waals surface area (Å²) >= 11 is 1.66. The minimum atomic E-state index is 0.0216. The van der Waals surface area contributed by atoms with Crippen LogP contribution in [0.2, 0.25) is 0 Å². The van der Waals surface area contributed by atoms with Gasteiger partial charge in [0.15, 0.2) is 0 Å². The fraction of sp³-hybridized carbons (Fsp3) is 0.348. The van der Waals surface area contributed by atoms with Crippen molar-refractivity contribution >= 4 is 33.4 Å². The summed E-state index contributed by atoms with van der Waals surface area (Å²) < 4.78 is 1.16. The van der Waals surface area contributed by atoms with Gasteiger partial charge in [0, 0.05) is 36.7 Å². The average molecular weight is 408 g/mol. The zero-order chi connectivity index (χ0) is 20.4. The minimum absolute atomic E-state index is 0.0216. The standard InChI is InChI=1S/C23H25N3O2S/c1-3-21(27)24-17-12-13-18(14-17)26(2)23(28)16-10-8-15(9-11-16)22-25-19-6-4-5-7-20(19)29-22/h4-11,17-18H,3,12-14H2,1-2H3,(H,24,27)/t17-,18?/m0/s1. The summed E-state index contributed by atoms with van der Waals surface area (Å²) in [5, 5.41) is 4.01. The Labute approximate surface area is 174 Å². The predicted molar refractivity (Wildman–Crippen MR) is 117 cm³/mol. The van der Waals surface area contributed by atoms with Crippen LogP contribution in [0.4, 0.5) is 0 Å². The Balaban J connectivity index is 1.43. The third-order valence-corrected chi connectivity index (χ3v) is 6.72. The summed E-state index contributed by atoms with van der Waals surface area (Å²) in [6.07, 6.45) is 3.15. The van der Waals surface area contributed by atoms with Crippen LogP contribution in [0.5, 0.6) is 0 Å². The predicted octanol–water partition coefficient (Wildman–Crippen LogP) is 4.48. The second-order valence-electron chi connectivity index (χ2n) is 7.57. The lowest BCUT2D eigenvalue weighted by Crippen LogP contribution is -2.38. The van der Waals surface area contributed by atoms with E-state index in [9.17, 15) is 9.59 Å². The number of nitrogens with zero attached hydrogens (tertiary/aromatic N) is 2. The van der Waals surface area contributed by atoms with Gasteiger partial charge in [-0.25, -0.2) is 4.98 Å². The maximum absolute atomic E-state index is 12.9. The number of rotatable bonds is 5. The lowest BCUT2D eigenvalue weighted by molar-refractivity contribution is -0.121. The zero-order valence-corrected chi connectivity index (χ0v) is 17.5. The summed E-state index contributed by atoms with van der Waals surface area (Å²) in [4.78, 5) is 31.0. The Bertz CT molecular complexity index is 995. The van der Waals surface area contributed by atoms with E-state index < -0.39 is 0 Å². The molecule has 0 radical (unpaired) electrons. The van der Waals surface area contributed by atoms with E-state index in [0.717, 1.165) is 40.1 Å². The van der Waals surface area contributed by atoms with Crippen LogP contribution in [-0.2, 0) is 4.79 Å². The molecule has 3 aromatic rings. The van der Waals surface area contributed by atoms with Crippen LogP contribution >= 0.6 is 11.3 Å². The Kier molecular flexibility index (Phi) is 5.62. The highest BCUT2D eigenvalue weighted by Crippen LogP contribution is 2.30. The van der Waals surface area contributed by atoms with Crippen LogP contribution in [0.15, 0.2) is 48.5 Å². The van der Waals surface area contributed by atoms with E-state index in [1.165, 1.54) is 0 Å². The molecule has 5 nitrogen and oxygen atoms in total. The average Bonchev–Trinajstić information content (AvgIpc) is 3.39. The first-order valence-electron chi connectivity index (χ1n) is 10.1. The highest BCUT2D eigenvalue weighted by Gasteiger charge is 2.30. The molecule has 1 aliphatic carbocycles. The number of hydrogen-bond donors (Lipinski definition) is 1. The van der Waals surface area contributed by atoms with Gasteiger partial charge in [-0.2, -0.15) is 0 Å². The van der Waals surface area contributed by atoms with Gasteiger partial charge in [0.25, 0.3) is 5.91 Å². The second kappa shape index (κ2) is 8.33. The maximum atomic E-state index is 12.9. The van der Waals surface area contributed by atoms with Crippen molar-refractivity contribution in [1.29, 1.82) is 0 Å². The molecule has 2 aromatic carbocycles. The number of carbonyl (C=O) groups excluding carboxylic acids is 2. The molecule has 1 unspecified atom stereocenters. The van der Waals surface area contributed by atoms with E-state index in [4.69, 9.17) is 0 Å². The van der Waals surface area contributed by atoms with Gasteiger partial charge in [-0.1, -0.05) is 31.2 Å². The molecular formula is C23H25N3O2S. The van der Waals surface area contributed by atoms with E-state index >= 15 is 0 Å². The molecule has 0 spiro atoms. The van der Waals surface area contributed by atoms with Crippen LogP contribution in [0, 0.1) is 0 Å². The molecule has 1 aromatic heterocycles. The molecule has 0 aliphatic heterocycles. The molecule has 0 bridgehead atoms. The van der Waals surface area contributed by atoms with Crippen LogP contribution < -0.4 is 5.32 Å². The van der Waals surface area contributed by atoms with E-state index in [0.29, 0.717) is 12.0 Å². The van der Waals surface area contributed by atoms with E-state index in [-0.39, 0.29) is 23.9 Å². The Morgan fingerprint density at radius 2 is 1.90 bits per heavy atom. The number of amides is 2. The monoisotopic (exact) mass is 407 g/mol. The molecule has 0 saturated heterocycles. The van der Waals surface area contributed by atoms with Gasteiger partial charge in [0.2, 0.25) is 5.91 Å². The lowest BCUT2D eigenvalue weighted by Gasteiger charge is -2.25. The Morgan fingerprint density at radius 1 is 1.14 bits per heavy atom. The van der Waals surface area contributed by atoms with Crippen LogP contribution in [0.3, 0.4) is 0 Å². The molecule has 6 heteroatoms. The first-order valence-corrected chi connectivity index (χ1v) is 10.9. The van der Waals surface area contributed by atoms with Crippen molar-refractivity contribution in [2.24, 2.45) is 0 Å². The first-order chi connectivity index (χ1) is 14.0. The number of para-hydroxylation sites is 1. The highest BCUT2D eigenvalue weighted by atomic mass is 32.1. The number of fused-ring (bicyclic) bond motifs is 1. The Hall–Kier alpha value is -2.73. The number of hydrogen-bond acceptors (Lipinski definition) is 4. The van der Waals surface area contributed by atoms with Crippen molar-refractivity contribution < 1.29 is 9.59 Å². The molecule has 2 atom stereocenters. The second-order valence-corrected chi connectivity index (χ2v) is 8.60. The van der Waals surface area contributed by atoms with Crippen LogP contribution in [0.25, 0.3) is 20.8 Å². The zero-order valence-electron chi connectivity index (χ0n) is 16.7. The van der Waals surface area contributed by atoms with E-state index in [1.807, 2.05) is 61.3 Å². The number of nitrogens with one attached hydrogen (secondary N) is 1. The quantitative estimate of drug-likeness (QED) is 0.678. The molecule has 4 rings (SSSR count). The molecule has 1 aliphatic rings. The van der Waals surface area contributed by atoms with Gasteiger partial charge in [-0.05, 0) is 43.5 Å².